The summed E-state index contributed by atoms with van der Waals surface area (Å²) >= 11 is 1.08. The van der Waals surface area contributed by atoms with Crippen molar-refractivity contribution in [2.45, 2.75) is 6.92 Å². The molecule has 0 aromatic heterocycles. The van der Waals surface area contributed by atoms with Crippen molar-refractivity contribution in [1.82, 2.24) is 0 Å². The van der Waals surface area contributed by atoms with E-state index in [4.69, 9.17) is 5.26 Å². The van der Waals surface area contributed by atoms with Gasteiger partial charge in [0.1, 0.15) is 12.0 Å². The molecule has 0 N–H and O–H groups in total. The monoisotopic (exact) mass is 145 g/mol. The summed E-state index contributed by atoms with van der Waals surface area (Å²) in [5, 5.41) is 9.87. The van der Waals surface area contributed by atoms with Crippen molar-refractivity contribution < 1.29 is 9.53 Å². The molecule has 0 bridgehead atoms. The van der Waals surface area contributed by atoms with E-state index >= 15 is 0 Å². The van der Waals surface area contributed by atoms with Crippen molar-refractivity contribution >= 4 is 17.7 Å². The quantitative estimate of drug-likeness (QED) is 0.334. The summed E-state index contributed by atoms with van der Waals surface area (Å²) in [7, 11) is 0. The van der Waals surface area contributed by atoms with Crippen molar-refractivity contribution in [3.8, 4) is 5.40 Å². The molecule has 0 radical (unpaired) electrons. The van der Waals surface area contributed by atoms with Gasteiger partial charge in [-0.1, -0.05) is 0 Å². The van der Waals surface area contributed by atoms with Crippen molar-refractivity contribution in [2.75, 3.05) is 12.4 Å². The molecule has 0 atom stereocenters. The smallest absolute Gasteiger partial charge is 0.302 e. The average Bonchev–Trinajstić information content (AvgIpc) is 1.80. The number of hydrogen-bond acceptors (Lipinski definition) is 4. The Kier molecular flexibility index (Phi) is 5.03. The lowest BCUT2D eigenvalue weighted by molar-refractivity contribution is -0.140. The lowest BCUT2D eigenvalue weighted by Gasteiger charge is -1.95. The zero-order valence-corrected chi connectivity index (χ0v) is 5.90. The first-order valence-corrected chi connectivity index (χ1v) is 3.40. The molecule has 0 spiro atoms. The van der Waals surface area contributed by atoms with Gasteiger partial charge in [0.2, 0.25) is 0 Å². The molecule has 0 rings (SSSR count). The molecular formula is C5H7NO2S. The van der Waals surface area contributed by atoms with Crippen LogP contribution < -0.4 is 0 Å². The highest BCUT2D eigenvalue weighted by atomic mass is 32.2. The summed E-state index contributed by atoms with van der Waals surface area (Å²) in [4.78, 5) is 10.1. The zero-order chi connectivity index (χ0) is 7.11. The fourth-order valence-corrected chi connectivity index (χ4v) is 0.531. The van der Waals surface area contributed by atoms with Crippen LogP contribution in [-0.4, -0.2) is 18.3 Å². The van der Waals surface area contributed by atoms with Gasteiger partial charge >= 0.3 is 5.97 Å². The highest BCUT2D eigenvalue weighted by Crippen LogP contribution is 1.94. The van der Waals surface area contributed by atoms with Crippen molar-refractivity contribution in [1.29, 1.82) is 5.26 Å². The van der Waals surface area contributed by atoms with Gasteiger partial charge in [-0.15, -0.1) is 0 Å². The van der Waals surface area contributed by atoms with Gasteiger partial charge < -0.3 is 4.74 Å². The highest BCUT2D eigenvalue weighted by Gasteiger charge is 1.90. The molecule has 3 nitrogen and oxygen atoms in total. The Hall–Kier alpha value is -0.690. The number of carbonyl (C=O) groups is 1. The van der Waals surface area contributed by atoms with E-state index in [-0.39, 0.29) is 5.97 Å². The first-order chi connectivity index (χ1) is 4.27. The van der Waals surface area contributed by atoms with Crippen LogP contribution >= 0.6 is 11.8 Å². The summed E-state index contributed by atoms with van der Waals surface area (Å²) in [6, 6.07) is 0. The molecule has 0 aliphatic carbocycles. The summed E-state index contributed by atoms with van der Waals surface area (Å²) in [5.41, 5.74) is 0. The van der Waals surface area contributed by atoms with Gasteiger partial charge in [-0.05, 0) is 11.8 Å². The summed E-state index contributed by atoms with van der Waals surface area (Å²) in [6.45, 7) is 1.67. The number of thioether (sulfide) groups is 1. The third-order valence-electron chi connectivity index (χ3n) is 0.555. The second kappa shape index (κ2) is 5.45. The first-order valence-electron chi connectivity index (χ1n) is 2.41. The Bertz CT molecular complexity index is 129. The summed E-state index contributed by atoms with van der Waals surface area (Å²) < 4.78 is 4.53. The number of nitriles is 1. The normalized spacial score (nSPS) is 8.00. The molecule has 0 unspecified atom stereocenters. The van der Waals surface area contributed by atoms with Crippen LogP contribution in [0.1, 0.15) is 6.92 Å². The predicted octanol–water partition coefficient (Wildman–Crippen LogP) is 0.764. The summed E-state index contributed by atoms with van der Waals surface area (Å²) in [6.07, 6.45) is 0. The SMILES string of the molecule is CC(=O)OCCSC#N. The summed E-state index contributed by atoms with van der Waals surface area (Å²) in [5.74, 6) is 0.254. The Morgan fingerprint density at radius 1 is 1.89 bits per heavy atom. The van der Waals surface area contributed by atoms with Crippen LogP contribution in [0.2, 0.25) is 0 Å². The van der Waals surface area contributed by atoms with Crippen molar-refractivity contribution in [3.63, 3.8) is 0 Å². The molecule has 0 heterocycles. The van der Waals surface area contributed by atoms with E-state index in [1.807, 2.05) is 5.40 Å². The largest absolute Gasteiger partial charge is 0.465 e. The number of carbonyl (C=O) groups excluding carboxylic acids is 1. The predicted molar refractivity (Wildman–Crippen MR) is 34.7 cm³/mol. The topological polar surface area (TPSA) is 50.1 Å². The Balaban J connectivity index is 2.94. The Morgan fingerprint density at radius 3 is 3.00 bits per heavy atom. The van der Waals surface area contributed by atoms with Gasteiger partial charge in [0.25, 0.3) is 0 Å². The number of hydrogen-bond donors (Lipinski definition) is 0. The second-order valence-corrected chi connectivity index (χ2v) is 2.16. The van der Waals surface area contributed by atoms with E-state index in [9.17, 15) is 4.79 Å². The average molecular weight is 145 g/mol. The van der Waals surface area contributed by atoms with E-state index in [0.717, 1.165) is 11.8 Å². The molecule has 0 fully saturated rings. The molecule has 4 heteroatoms. The van der Waals surface area contributed by atoms with Gasteiger partial charge in [-0.25, -0.2) is 0 Å². The Morgan fingerprint density at radius 2 is 2.56 bits per heavy atom. The number of ether oxygens (including phenoxy) is 1. The Labute approximate surface area is 58.0 Å². The van der Waals surface area contributed by atoms with E-state index in [2.05, 4.69) is 4.74 Å². The van der Waals surface area contributed by atoms with Crippen LogP contribution in [0.15, 0.2) is 0 Å². The molecule has 0 aliphatic heterocycles. The number of nitrogens with zero attached hydrogens (tertiary/aromatic N) is 1. The molecule has 0 saturated carbocycles. The number of esters is 1. The fourth-order valence-electron chi connectivity index (χ4n) is 0.273. The maximum absolute atomic E-state index is 10.1. The third-order valence-corrected chi connectivity index (χ3v) is 1.06. The molecule has 9 heavy (non-hydrogen) atoms. The molecule has 0 aromatic carbocycles. The standard InChI is InChI=1S/C5H7NO2S/c1-5(7)8-2-3-9-4-6/h2-3H2,1H3. The van der Waals surface area contributed by atoms with Gasteiger partial charge in [-0.3, -0.25) is 4.79 Å². The first kappa shape index (κ1) is 8.31. The van der Waals surface area contributed by atoms with Gasteiger partial charge in [0.05, 0.1) is 0 Å². The molecule has 0 saturated heterocycles. The van der Waals surface area contributed by atoms with Crippen LogP contribution in [0.3, 0.4) is 0 Å². The van der Waals surface area contributed by atoms with E-state index in [1.165, 1.54) is 6.92 Å². The van der Waals surface area contributed by atoms with Crippen LogP contribution in [0.25, 0.3) is 0 Å². The van der Waals surface area contributed by atoms with E-state index < -0.39 is 0 Å². The molecule has 0 aromatic rings. The van der Waals surface area contributed by atoms with E-state index in [1.54, 1.807) is 0 Å². The second-order valence-electron chi connectivity index (χ2n) is 1.28. The maximum Gasteiger partial charge on any atom is 0.302 e. The van der Waals surface area contributed by atoms with Crippen LogP contribution in [0, 0.1) is 10.7 Å². The molecule has 50 valence electrons. The maximum atomic E-state index is 10.1. The van der Waals surface area contributed by atoms with Crippen molar-refractivity contribution in [2.24, 2.45) is 0 Å². The lowest BCUT2D eigenvalue weighted by atomic mass is 10.8. The van der Waals surface area contributed by atoms with Crippen LogP contribution in [0.5, 0.6) is 0 Å². The lowest BCUT2D eigenvalue weighted by Crippen LogP contribution is -2.01. The fraction of sp³-hybridized carbons (Fsp3) is 0.600. The minimum absolute atomic E-state index is 0.298. The van der Waals surface area contributed by atoms with E-state index in [0.29, 0.717) is 12.4 Å². The third kappa shape index (κ3) is 7.31. The van der Waals surface area contributed by atoms with Crippen LogP contribution in [-0.2, 0) is 9.53 Å². The van der Waals surface area contributed by atoms with Gasteiger partial charge in [0, 0.05) is 12.7 Å². The molecular weight excluding hydrogens is 138 g/mol. The van der Waals surface area contributed by atoms with Gasteiger partial charge in [-0.2, -0.15) is 5.26 Å². The highest BCUT2D eigenvalue weighted by molar-refractivity contribution is 8.03. The van der Waals surface area contributed by atoms with Gasteiger partial charge in [0.15, 0.2) is 0 Å². The zero-order valence-electron chi connectivity index (χ0n) is 5.09. The minimum atomic E-state index is -0.298. The molecule has 0 aliphatic rings. The van der Waals surface area contributed by atoms with Crippen molar-refractivity contribution in [3.05, 3.63) is 0 Å². The number of rotatable bonds is 3. The number of thiocyanates is 1. The minimum Gasteiger partial charge on any atom is -0.465 e. The molecule has 0 amide bonds. The van der Waals surface area contributed by atoms with Crippen LogP contribution in [0.4, 0.5) is 0 Å².